The molecule has 0 spiro atoms. The van der Waals surface area contributed by atoms with Crippen molar-refractivity contribution >= 4 is 22.0 Å². The summed E-state index contributed by atoms with van der Waals surface area (Å²) in [7, 11) is 0. The fourth-order valence-corrected chi connectivity index (χ4v) is 3.95. The van der Waals surface area contributed by atoms with E-state index < -0.39 is 17.6 Å². The molecule has 160 valence electrons. The first-order valence-electron chi connectivity index (χ1n) is 9.45. The van der Waals surface area contributed by atoms with E-state index in [4.69, 9.17) is 24.4 Å². The van der Waals surface area contributed by atoms with Gasteiger partial charge >= 0.3 is 11.7 Å². The molecule has 2 aromatic rings. The summed E-state index contributed by atoms with van der Waals surface area (Å²) >= 11 is 3.40. The number of ether oxygens (including phenoxy) is 3. The standard InChI is InChI=1S/C21H18BrN3O6/c1-11-8-16-18(20(26)29-11)17(14(10-23)19(24)30-16)13-9-12(22)2-3-15(13)31-21(27)25-4-6-28-7-5-25/h2-3,8-9,17H,4-7,24H2,1H3/t17-/m1/s1. The van der Waals surface area contributed by atoms with Crippen LogP contribution < -0.4 is 20.8 Å². The van der Waals surface area contributed by atoms with Crippen LogP contribution in [0, 0.1) is 18.3 Å². The zero-order valence-electron chi connectivity index (χ0n) is 16.5. The minimum Gasteiger partial charge on any atom is -0.440 e. The van der Waals surface area contributed by atoms with Gasteiger partial charge in [0.2, 0.25) is 5.88 Å². The highest BCUT2D eigenvalue weighted by molar-refractivity contribution is 9.10. The molecule has 0 radical (unpaired) electrons. The van der Waals surface area contributed by atoms with Crippen LogP contribution in [0.15, 0.2) is 49.4 Å². The third-order valence-electron chi connectivity index (χ3n) is 5.01. The Morgan fingerprint density at radius 2 is 2.06 bits per heavy atom. The smallest absolute Gasteiger partial charge is 0.415 e. The number of rotatable bonds is 2. The second-order valence-corrected chi connectivity index (χ2v) is 7.91. The van der Waals surface area contributed by atoms with Crippen LogP contribution in [0.4, 0.5) is 4.79 Å². The van der Waals surface area contributed by atoms with Gasteiger partial charge in [0.25, 0.3) is 0 Å². The molecule has 4 rings (SSSR count). The Bertz CT molecular complexity index is 1180. The van der Waals surface area contributed by atoms with E-state index in [1.165, 1.54) is 11.0 Å². The van der Waals surface area contributed by atoms with Crippen LogP contribution in [-0.2, 0) is 4.74 Å². The monoisotopic (exact) mass is 487 g/mol. The Morgan fingerprint density at radius 3 is 2.77 bits per heavy atom. The molecule has 2 N–H and O–H groups in total. The third-order valence-corrected chi connectivity index (χ3v) is 5.50. The van der Waals surface area contributed by atoms with Gasteiger partial charge in [0.15, 0.2) is 0 Å². The van der Waals surface area contributed by atoms with E-state index in [1.54, 1.807) is 25.1 Å². The molecule has 0 unspecified atom stereocenters. The van der Waals surface area contributed by atoms with Crippen LogP contribution in [0.5, 0.6) is 11.5 Å². The number of hydrogen-bond donors (Lipinski definition) is 1. The Labute approximate surface area is 185 Å². The van der Waals surface area contributed by atoms with Gasteiger partial charge in [-0.25, -0.2) is 9.59 Å². The number of nitriles is 1. The van der Waals surface area contributed by atoms with Crippen LogP contribution >= 0.6 is 15.9 Å². The summed E-state index contributed by atoms with van der Waals surface area (Å²) in [6, 6.07) is 8.50. The van der Waals surface area contributed by atoms with Crippen LogP contribution in [0.1, 0.15) is 22.8 Å². The number of nitrogens with two attached hydrogens (primary N) is 1. The predicted octanol–water partition coefficient (Wildman–Crippen LogP) is 2.76. The van der Waals surface area contributed by atoms with E-state index >= 15 is 0 Å². The van der Waals surface area contributed by atoms with E-state index in [0.29, 0.717) is 42.1 Å². The van der Waals surface area contributed by atoms with E-state index in [-0.39, 0.29) is 28.5 Å². The lowest BCUT2D eigenvalue weighted by molar-refractivity contribution is 0.0415. The number of aryl methyl sites for hydroxylation is 1. The van der Waals surface area contributed by atoms with E-state index in [1.807, 2.05) is 6.07 Å². The SMILES string of the molecule is Cc1cc2c(c(=O)o1)[C@H](c1cc(Br)ccc1OC(=O)N1CCOCC1)C(C#N)=C(N)O2. The van der Waals surface area contributed by atoms with Crippen molar-refractivity contribution in [2.24, 2.45) is 5.73 Å². The van der Waals surface area contributed by atoms with Crippen molar-refractivity contribution in [3.8, 4) is 17.6 Å². The van der Waals surface area contributed by atoms with Crippen molar-refractivity contribution < 1.29 is 23.4 Å². The first-order valence-corrected chi connectivity index (χ1v) is 10.2. The lowest BCUT2D eigenvalue weighted by Crippen LogP contribution is -2.42. The lowest BCUT2D eigenvalue weighted by Gasteiger charge is -2.28. The largest absolute Gasteiger partial charge is 0.440 e. The molecule has 0 bridgehead atoms. The zero-order valence-corrected chi connectivity index (χ0v) is 18.1. The number of allylic oxidation sites excluding steroid dienone is 1. The molecule has 1 aromatic heterocycles. The molecule has 3 heterocycles. The Morgan fingerprint density at radius 1 is 1.32 bits per heavy atom. The number of carbonyl (C=O) groups is 1. The quantitative estimate of drug-likeness (QED) is 0.684. The van der Waals surface area contributed by atoms with E-state index in [0.717, 1.165) is 0 Å². The average molecular weight is 488 g/mol. The first kappa shape index (κ1) is 21.0. The fourth-order valence-electron chi connectivity index (χ4n) is 3.57. The number of amides is 1. The Kier molecular flexibility index (Phi) is 5.71. The molecule has 31 heavy (non-hydrogen) atoms. The van der Waals surface area contributed by atoms with Gasteiger partial charge in [0.05, 0.1) is 24.7 Å². The highest BCUT2D eigenvalue weighted by atomic mass is 79.9. The maximum atomic E-state index is 12.7. The molecule has 9 nitrogen and oxygen atoms in total. The second kappa shape index (κ2) is 8.45. The molecule has 10 heteroatoms. The molecule has 1 saturated heterocycles. The van der Waals surface area contributed by atoms with Crippen molar-refractivity contribution in [2.45, 2.75) is 12.8 Å². The molecule has 0 saturated carbocycles. The van der Waals surface area contributed by atoms with Crippen LogP contribution in [0.2, 0.25) is 0 Å². The normalized spacial score (nSPS) is 18.1. The van der Waals surface area contributed by atoms with Crippen molar-refractivity contribution in [3.63, 3.8) is 0 Å². The Balaban J connectivity index is 1.83. The molecular formula is C21H18BrN3O6. The third kappa shape index (κ3) is 4.02. The molecule has 2 aliphatic heterocycles. The topological polar surface area (TPSA) is 128 Å². The number of benzene rings is 1. The average Bonchev–Trinajstić information content (AvgIpc) is 2.74. The molecule has 2 aliphatic rings. The fraction of sp³-hybridized carbons (Fsp3) is 0.286. The van der Waals surface area contributed by atoms with Crippen LogP contribution in [0.3, 0.4) is 0 Å². The van der Waals surface area contributed by atoms with Crippen molar-refractivity contribution in [1.82, 2.24) is 4.90 Å². The van der Waals surface area contributed by atoms with Gasteiger partial charge in [0, 0.05) is 29.2 Å². The van der Waals surface area contributed by atoms with E-state index in [9.17, 15) is 14.9 Å². The summed E-state index contributed by atoms with van der Waals surface area (Å²) in [6.07, 6.45) is -0.550. The van der Waals surface area contributed by atoms with Gasteiger partial charge in [0.1, 0.15) is 28.9 Å². The highest BCUT2D eigenvalue weighted by Crippen LogP contribution is 2.44. The maximum Gasteiger partial charge on any atom is 0.415 e. The maximum absolute atomic E-state index is 12.7. The molecule has 0 aliphatic carbocycles. The van der Waals surface area contributed by atoms with Crippen molar-refractivity contribution in [3.05, 3.63) is 67.5 Å². The van der Waals surface area contributed by atoms with Crippen LogP contribution in [-0.4, -0.2) is 37.3 Å². The second-order valence-electron chi connectivity index (χ2n) is 7.00. The predicted molar refractivity (Wildman–Crippen MR) is 112 cm³/mol. The molecular weight excluding hydrogens is 470 g/mol. The lowest BCUT2D eigenvalue weighted by atomic mass is 9.84. The molecule has 1 atom stereocenters. The summed E-state index contributed by atoms with van der Waals surface area (Å²) in [5.41, 5.74) is 5.87. The zero-order chi connectivity index (χ0) is 22.1. The van der Waals surface area contributed by atoms with Gasteiger partial charge in [-0.1, -0.05) is 15.9 Å². The Hall–Kier alpha value is -3.29. The van der Waals surface area contributed by atoms with Crippen LogP contribution in [0.25, 0.3) is 0 Å². The number of morpholine rings is 1. The molecule has 1 amide bonds. The summed E-state index contributed by atoms with van der Waals surface area (Å²) in [4.78, 5) is 27.0. The molecule has 1 aromatic carbocycles. The summed E-state index contributed by atoms with van der Waals surface area (Å²) < 4.78 is 22.4. The first-order chi connectivity index (χ1) is 14.9. The number of carbonyl (C=O) groups excluding carboxylic acids is 1. The number of nitrogens with zero attached hydrogens (tertiary/aromatic N) is 2. The minimum absolute atomic E-state index is 0.0189. The van der Waals surface area contributed by atoms with Gasteiger partial charge in [-0.15, -0.1) is 0 Å². The van der Waals surface area contributed by atoms with Gasteiger partial charge in [-0.3, -0.25) is 0 Å². The summed E-state index contributed by atoms with van der Waals surface area (Å²) in [5, 5.41) is 9.77. The number of fused-ring (bicyclic) bond motifs is 1. The molecule has 1 fully saturated rings. The number of hydrogen-bond acceptors (Lipinski definition) is 8. The summed E-state index contributed by atoms with van der Waals surface area (Å²) in [6.45, 7) is 3.27. The van der Waals surface area contributed by atoms with Gasteiger partial charge < -0.3 is 29.3 Å². The summed E-state index contributed by atoms with van der Waals surface area (Å²) in [5.74, 6) is -0.339. The van der Waals surface area contributed by atoms with Crippen molar-refractivity contribution in [2.75, 3.05) is 26.3 Å². The van der Waals surface area contributed by atoms with Gasteiger partial charge in [-0.2, -0.15) is 5.26 Å². The van der Waals surface area contributed by atoms with Gasteiger partial charge in [-0.05, 0) is 25.1 Å². The van der Waals surface area contributed by atoms with E-state index in [2.05, 4.69) is 15.9 Å². The number of halogens is 1. The minimum atomic E-state index is -0.935. The highest BCUT2D eigenvalue weighted by Gasteiger charge is 2.36. The van der Waals surface area contributed by atoms with Crippen molar-refractivity contribution in [1.29, 1.82) is 5.26 Å².